The molecule has 20 heavy (non-hydrogen) atoms. The molecule has 0 spiro atoms. The zero-order valence-corrected chi connectivity index (χ0v) is 11.0. The first-order valence-electron chi connectivity index (χ1n) is 6.32. The fourth-order valence-corrected chi connectivity index (χ4v) is 1.54. The number of aliphatic hydroxyl groups excluding tert-OH is 1. The highest BCUT2D eigenvalue weighted by Crippen LogP contribution is 2.00. The Morgan fingerprint density at radius 3 is 2.20 bits per heavy atom. The molecule has 1 heteroatoms. The number of aliphatic hydroxyl groups is 1. The molecule has 0 fully saturated rings. The number of hydrogen-bond acceptors (Lipinski definition) is 1. The van der Waals surface area contributed by atoms with Crippen LogP contribution < -0.4 is 0 Å². The van der Waals surface area contributed by atoms with Crippen LogP contribution in [0.5, 0.6) is 0 Å². The normalized spacial score (nSPS) is 11.1. The van der Waals surface area contributed by atoms with Crippen molar-refractivity contribution in [1.29, 1.82) is 0 Å². The minimum Gasteiger partial charge on any atom is -0.369 e. The molecule has 2 aromatic rings. The Kier molecular flexibility index (Phi) is 5.23. The molecule has 0 amide bonds. The molecule has 1 N–H and O–H groups in total. The average Bonchev–Trinajstić information content (AvgIpc) is 2.52. The maximum absolute atomic E-state index is 9.63. The first kappa shape index (κ1) is 13.7. The third kappa shape index (κ3) is 4.86. The molecule has 0 radical (unpaired) electrons. The summed E-state index contributed by atoms with van der Waals surface area (Å²) < 4.78 is 0. The predicted octanol–water partition coefficient (Wildman–Crippen LogP) is 3.12. The van der Waals surface area contributed by atoms with Crippen LogP contribution in [0.25, 0.3) is 6.08 Å². The second-order valence-corrected chi connectivity index (χ2v) is 4.07. The second kappa shape index (κ2) is 7.64. The molecule has 0 saturated heterocycles. The summed E-state index contributed by atoms with van der Waals surface area (Å²) in [5.74, 6) is 11.0. The molecule has 96 valence electrons. The molecule has 2 rings (SSSR count). The molecule has 0 heterocycles. The summed E-state index contributed by atoms with van der Waals surface area (Å²) in [5, 5.41) is 9.63. The van der Waals surface area contributed by atoms with Gasteiger partial charge in [0.1, 0.15) is 0 Å². The van der Waals surface area contributed by atoms with Gasteiger partial charge >= 0.3 is 0 Å². The Bertz CT molecular complexity index is 677. The summed E-state index contributed by atoms with van der Waals surface area (Å²) in [5.41, 5.74) is 1.94. The van der Waals surface area contributed by atoms with E-state index < -0.39 is 6.10 Å². The van der Waals surface area contributed by atoms with E-state index >= 15 is 0 Å². The third-order valence-corrected chi connectivity index (χ3v) is 2.51. The van der Waals surface area contributed by atoms with Crippen molar-refractivity contribution in [3.05, 3.63) is 77.9 Å². The van der Waals surface area contributed by atoms with Crippen molar-refractivity contribution in [1.82, 2.24) is 0 Å². The molecule has 0 aromatic heterocycles. The lowest BCUT2D eigenvalue weighted by atomic mass is 10.2. The maximum atomic E-state index is 9.63. The zero-order valence-electron chi connectivity index (χ0n) is 11.0. The van der Waals surface area contributed by atoms with Crippen LogP contribution in [0.1, 0.15) is 11.1 Å². The number of benzene rings is 2. The number of hydrogen-bond donors (Lipinski definition) is 1. The molecule has 1 atom stereocenters. The standard InChI is InChI=1S/C19H14O/c20-19(16-15-18-11-5-2-6-12-18)14-8-7-13-17-9-3-1-4-10-17/h1-7,9-13,19-20H. The Labute approximate surface area is 119 Å². The first-order valence-corrected chi connectivity index (χ1v) is 6.32. The van der Waals surface area contributed by atoms with Crippen molar-refractivity contribution in [2.24, 2.45) is 0 Å². The van der Waals surface area contributed by atoms with Crippen molar-refractivity contribution >= 4 is 6.08 Å². The molecular formula is C19H14O. The summed E-state index contributed by atoms with van der Waals surface area (Å²) in [6.45, 7) is 0. The Morgan fingerprint density at radius 2 is 1.50 bits per heavy atom. The second-order valence-electron chi connectivity index (χ2n) is 4.07. The van der Waals surface area contributed by atoms with Crippen LogP contribution in [0.3, 0.4) is 0 Å². The minimum absolute atomic E-state index is 0.869. The molecule has 0 bridgehead atoms. The van der Waals surface area contributed by atoms with Crippen molar-refractivity contribution in [3.8, 4) is 23.7 Å². The van der Waals surface area contributed by atoms with Gasteiger partial charge in [-0.25, -0.2) is 0 Å². The van der Waals surface area contributed by atoms with Crippen molar-refractivity contribution in [2.45, 2.75) is 6.10 Å². The van der Waals surface area contributed by atoms with Gasteiger partial charge in [0.15, 0.2) is 6.10 Å². The highest BCUT2D eigenvalue weighted by atomic mass is 16.3. The minimum atomic E-state index is -0.935. The van der Waals surface area contributed by atoms with E-state index in [0.717, 1.165) is 11.1 Å². The summed E-state index contributed by atoms with van der Waals surface area (Å²) in [4.78, 5) is 0. The van der Waals surface area contributed by atoms with E-state index in [4.69, 9.17) is 0 Å². The van der Waals surface area contributed by atoms with Crippen LogP contribution >= 0.6 is 0 Å². The summed E-state index contributed by atoms with van der Waals surface area (Å²) in [6, 6.07) is 19.4. The average molecular weight is 258 g/mol. The number of rotatable bonds is 1. The molecule has 0 aliphatic rings. The fraction of sp³-hybridized carbons (Fsp3) is 0.0526. The van der Waals surface area contributed by atoms with Crippen molar-refractivity contribution < 1.29 is 5.11 Å². The summed E-state index contributed by atoms with van der Waals surface area (Å²) >= 11 is 0. The van der Waals surface area contributed by atoms with E-state index in [1.165, 1.54) is 0 Å². The Morgan fingerprint density at radius 1 is 0.850 bits per heavy atom. The summed E-state index contributed by atoms with van der Waals surface area (Å²) in [7, 11) is 0. The van der Waals surface area contributed by atoms with Gasteiger partial charge in [-0.15, -0.1) is 0 Å². The smallest absolute Gasteiger partial charge is 0.177 e. The van der Waals surface area contributed by atoms with Gasteiger partial charge in [0.05, 0.1) is 0 Å². The van der Waals surface area contributed by atoms with Gasteiger partial charge in [-0.05, 0) is 29.8 Å². The molecule has 1 unspecified atom stereocenters. The fourth-order valence-electron chi connectivity index (χ4n) is 1.54. The van der Waals surface area contributed by atoms with E-state index in [1.807, 2.05) is 66.7 Å². The Hall–Kier alpha value is -2.74. The zero-order chi connectivity index (χ0) is 14.0. The molecular weight excluding hydrogens is 244 g/mol. The van der Waals surface area contributed by atoms with Gasteiger partial charge in [-0.2, -0.15) is 0 Å². The van der Waals surface area contributed by atoms with Gasteiger partial charge in [-0.3, -0.25) is 0 Å². The van der Waals surface area contributed by atoms with Gasteiger partial charge in [0.25, 0.3) is 0 Å². The lowest BCUT2D eigenvalue weighted by Gasteiger charge is -1.90. The van der Waals surface area contributed by atoms with Crippen LogP contribution in [0.2, 0.25) is 0 Å². The highest BCUT2D eigenvalue weighted by molar-refractivity contribution is 5.52. The summed E-state index contributed by atoms with van der Waals surface area (Å²) in [6.07, 6.45) is 2.67. The Balaban J connectivity index is 1.93. The van der Waals surface area contributed by atoms with Crippen LogP contribution in [0, 0.1) is 23.7 Å². The SMILES string of the molecule is OC(C#CC=Cc1ccccc1)C#Cc1ccccc1. The molecule has 0 saturated carbocycles. The monoisotopic (exact) mass is 258 g/mol. The number of allylic oxidation sites excluding steroid dienone is 1. The largest absolute Gasteiger partial charge is 0.369 e. The highest BCUT2D eigenvalue weighted by Gasteiger charge is 1.89. The van der Waals surface area contributed by atoms with E-state index in [1.54, 1.807) is 6.08 Å². The lowest BCUT2D eigenvalue weighted by molar-refractivity contribution is 0.289. The topological polar surface area (TPSA) is 20.2 Å². The van der Waals surface area contributed by atoms with Gasteiger partial charge in [0, 0.05) is 5.56 Å². The van der Waals surface area contributed by atoms with E-state index in [2.05, 4.69) is 23.7 Å². The van der Waals surface area contributed by atoms with E-state index in [9.17, 15) is 5.11 Å². The van der Waals surface area contributed by atoms with Crippen molar-refractivity contribution in [3.63, 3.8) is 0 Å². The maximum Gasteiger partial charge on any atom is 0.177 e. The van der Waals surface area contributed by atoms with E-state index in [0.29, 0.717) is 0 Å². The predicted molar refractivity (Wildman–Crippen MR) is 82.6 cm³/mol. The molecule has 1 nitrogen and oxygen atoms in total. The quantitative estimate of drug-likeness (QED) is 0.779. The van der Waals surface area contributed by atoms with Crippen LogP contribution in [-0.2, 0) is 0 Å². The van der Waals surface area contributed by atoms with Gasteiger partial charge in [-0.1, -0.05) is 72.2 Å². The van der Waals surface area contributed by atoms with Gasteiger partial charge in [0.2, 0.25) is 0 Å². The van der Waals surface area contributed by atoms with E-state index in [-0.39, 0.29) is 0 Å². The lowest BCUT2D eigenvalue weighted by Crippen LogP contribution is -1.97. The van der Waals surface area contributed by atoms with Crippen molar-refractivity contribution in [2.75, 3.05) is 0 Å². The molecule has 2 aromatic carbocycles. The first-order chi connectivity index (χ1) is 9.84. The third-order valence-electron chi connectivity index (χ3n) is 2.51. The van der Waals surface area contributed by atoms with Crippen LogP contribution in [-0.4, -0.2) is 11.2 Å². The molecule has 0 aliphatic carbocycles. The van der Waals surface area contributed by atoms with Crippen LogP contribution in [0.4, 0.5) is 0 Å². The van der Waals surface area contributed by atoms with Crippen LogP contribution in [0.15, 0.2) is 66.7 Å². The molecule has 0 aliphatic heterocycles. The van der Waals surface area contributed by atoms with Gasteiger partial charge < -0.3 is 5.11 Å².